The topological polar surface area (TPSA) is 94.1 Å². The molecular formula is C20H23NO6. The van der Waals surface area contributed by atoms with Crippen LogP contribution >= 0.6 is 0 Å². The maximum atomic E-state index is 12.6. The lowest BCUT2D eigenvalue weighted by atomic mass is 9.85. The number of amides is 1. The van der Waals surface area contributed by atoms with Gasteiger partial charge in [0.05, 0.1) is 26.7 Å². The summed E-state index contributed by atoms with van der Waals surface area (Å²) in [6.45, 7) is 3.25. The van der Waals surface area contributed by atoms with E-state index in [2.05, 4.69) is 5.32 Å². The predicted molar refractivity (Wildman–Crippen MR) is 101 cm³/mol. The van der Waals surface area contributed by atoms with Crippen molar-refractivity contribution < 1.29 is 28.9 Å². The Kier molecular flexibility index (Phi) is 5.95. The smallest absolute Gasteiger partial charge is 0.313 e. The highest BCUT2D eigenvalue weighted by Gasteiger charge is 2.29. The molecule has 0 unspecified atom stereocenters. The second-order valence-electron chi connectivity index (χ2n) is 6.38. The van der Waals surface area contributed by atoms with Crippen LogP contribution in [0.2, 0.25) is 0 Å². The summed E-state index contributed by atoms with van der Waals surface area (Å²) in [7, 11) is 4.43. The van der Waals surface area contributed by atoms with Crippen LogP contribution in [0, 0.1) is 0 Å². The highest BCUT2D eigenvalue weighted by atomic mass is 16.5. The van der Waals surface area contributed by atoms with Crippen LogP contribution in [-0.4, -0.2) is 38.3 Å². The zero-order valence-corrected chi connectivity index (χ0v) is 16.0. The van der Waals surface area contributed by atoms with Crippen molar-refractivity contribution in [2.24, 2.45) is 0 Å². The first-order chi connectivity index (χ1) is 12.7. The number of ether oxygens (including phenoxy) is 3. The fraction of sp³-hybridized carbons (Fsp3) is 0.300. The Morgan fingerprint density at radius 2 is 1.44 bits per heavy atom. The predicted octanol–water partition coefficient (Wildman–Crippen LogP) is 3.33. The number of carboxylic acids is 1. The zero-order chi connectivity index (χ0) is 20.2. The van der Waals surface area contributed by atoms with Crippen molar-refractivity contribution in [2.45, 2.75) is 19.3 Å². The van der Waals surface area contributed by atoms with Crippen molar-refractivity contribution in [1.82, 2.24) is 0 Å². The van der Waals surface area contributed by atoms with E-state index in [-0.39, 0.29) is 5.91 Å². The number of methoxy groups -OCH3 is 3. The molecule has 0 heterocycles. The van der Waals surface area contributed by atoms with Gasteiger partial charge in [-0.15, -0.1) is 0 Å². The molecule has 2 N–H and O–H groups in total. The van der Waals surface area contributed by atoms with Gasteiger partial charge in [0, 0.05) is 11.3 Å². The summed E-state index contributed by atoms with van der Waals surface area (Å²) in [5.41, 5.74) is 0.498. The summed E-state index contributed by atoms with van der Waals surface area (Å²) in [5.74, 6) is -0.130. The van der Waals surface area contributed by atoms with Crippen molar-refractivity contribution in [3.63, 3.8) is 0 Å². The molecule has 0 saturated carbocycles. The molecule has 0 aromatic heterocycles. The average Bonchev–Trinajstić information content (AvgIpc) is 2.66. The summed E-state index contributed by atoms with van der Waals surface area (Å²) >= 11 is 0. The number of rotatable bonds is 7. The Morgan fingerprint density at radius 1 is 0.926 bits per heavy atom. The fourth-order valence-corrected chi connectivity index (χ4v) is 2.51. The third kappa shape index (κ3) is 4.13. The second-order valence-corrected chi connectivity index (χ2v) is 6.38. The lowest BCUT2D eigenvalue weighted by Crippen LogP contribution is -2.28. The van der Waals surface area contributed by atoms with Gasteiger partial charge in [0.1, 0.15) is 0 Å². The highest BCUT2D eigenvalue weighted by Crippen LogP contribution is 2.38. The summed E-state index contributed by atoms with van der Waals surface area (Å²) in [6.07, 6.45) is 0. The van der Waals surface area contributed by atoms with Gasteiger partial charge in [-0.3, -0.25) is 9.59 Å². The van der Waals surface area contributed by atoms with Crippen LogP contribution in [-0.2, 0) is 10.2 Å². The highest BCUT2D eigenvalue weighted by molar-refractivity contribution is 6.05. The van der Waals surface area contributed by atoms with E-state index in [1.165, 1.54) is 21.3 Å². The van der Waals surface area contributed by atoms with E-state index in [1.807, 2.05) is 0 Å². The van der Waals surface area contributed by atoms with E-state index in [1.54, 1.807) is 50.2 Å². The molecule has 1 amide bonds. The molecule has 0 atom stereocenters. The van der Waals surface area contributed by atoms with Crippen LogP contribution in [0.15, 0.2) is 36.4 Å². The van der Waals surface area contributed by atoms with Gasteiger partial charge in [0.2, 0.25) is 5.75 Å². The molecule has 0 spiro atoms. The van der Waals surface area contributed by atoms with E-state index in [9.17, 15) is 14.7 Å². The molecule has 2 aromatic rings. The van der Waals surface area contributed by atoms with Crippen molar-refractivity contribution in [3.05, 3.63) is 47.5 Å². The largest absolute Gasteiger partial charge is 0.493 e. The number of nitrogens with one attached hydrogen (secondary N) is 1. The molecule has 144 valence electrons. The number of carbonyl (C=O) groups is 2. The summed E-state index contributed by atoms with van der Waals surface area (Å²) in [5, 5.41) is 12.1. The van der Waals surface area contributed by atoms with E-state index in [4.69, 9.17) is 14.2 Å². The van der Waals surface area contributed by atoms with Crippen LogP contribution in [0.3, 0.4) is 0 Å². The van der Waals surface area contributed by atoms with Crippen LogP contribution in [0.25, 0.3) is 0 Å². The summed E-state index contributed by atoms with van der Waals surface area (Å²) in [6, 6.07) is 9.79. The summed E-state index contributed by atoms with van der Waals surface area (Å²) < 4.78 is 15.8. The molecule has 0 bridgehead atoms. The van der Waals surface area contributed by atoms with Gasteiger partial charge in [-0.05, 0) is 43.7 Å². The van der Waals surface area contributed by atoms with Crippen molar-refractivity contribution in [1.29, 1.82) is 0 Å². The second kappa shape index (κ2) is 7.99. The van der Waals surface area contributed by atoms with Crippen LogP contribution in [0.4, 0.5) is 5.69 Å². The lowest BCUT2D eigenvalue weighted by molar-refractivity contribution is -0.142. The molecule has 0 fully saturated rings. The summed E-state index contributed by atoms with van der Waals surface area (Å²) in [4.78, 5) is 23.9. The van der Waals surface area contributed by atoms with E-state index in [0.29, 0.717) is 34.1 Å². The Labute approximate surface area is 157 Å². The van der Waals surface area contributed by atoms with Gasteiger partial charge in [0.15, 0.2) is 11.5 Å². The van der Waals surface area contributed by atoms with Gasteiger partial charge >= 0.3 is 5.97 Å². The van der Waals surface area contributed by atoms with Gasteiger partial charge in [0.25, 0.3) is 5.91 Å². The molecule has 0 aliphatic rings. The SMILES string of the molecule is COc1cc(C(=O)Nc2ccc(C(C)(C)C(=O)O)cc2)cc(OC)c1OC. The first-order valence-electron chi connectivity index (χ1n) is 8.20. The molecule has 0 saturated heterocycles. The quantitative estimate of drug-likeness (QED) is 0.773. The lowest BCUT2D eigenvalue weighted by Gasteiger charge is -2.20. The normalized spacial score (nSPS) is 10.9. The number of aliphatic carboxylic acids is 1. The first kappa shape index (κ1) is 20.1. The van der Waals surface area contributed by atoms with Gasteiger partial charge in [-0.25, -0.2) is 0 Å². The number of carboxylic acid groups (broad SMARTS) is 1. The van der Waals surface area contributed by atoms with Gasteiger partial charge < -0.3 is 24.6 Å². The Bertz CT molecular complexity index is 817. The first-order valence-corrected chi connectivity index (χ1v) is 8.20. The minimum absolute atomic E-state index is 0.333. The maximum absolute atomic E-state index is 12.6. The van der Waals surface area contributed by atoms with Crippen LogP contribution in [0.1, 0.15) is 29.8 Å². The Balaban J connectivity index is 2.26. The van der Waals surface area contributed by atoms with E-state index in [0.717, 1.165) is 0 Å². The van der Waals surface area contributed by atoms with E-state index < -0.39 is 11.4 Å². The molecule has 0 radical (unpaired) electrons. The number of hydrogen-bond acceptors (Lipinski definition) is 5. The Morgan fingerprint density at radius 3 is 1.85 bits per heavy atom. The average molecular weight is 373 g/mol. The minimum Gasteiger partial charge on any atom is -0.493 e. The zero-order valence-electron chi connectivity index (χ0n) is 16.0. The van der Waals surface area contributed by atoms with Gasteiger partial charge in [-0.1, -0.05) is 12.1 Å². The van der Waals surface area contributed by atoms with Crippen LogP contribution in [0.5, 0.6) is 17.2 Å². The molecule has 2 aromatic carbocycles. The number of benzene rings is 2. The van der Waals surface area contributed by atoms with E-state index >= 15 is 0 Å². The number of hydrogen-bond donors (Lipinski definition) is 2. The minimum atomic E-state index is -1.01. The van der Waals surface area contributed by atoms with Gasteiger partial charge in [-0.2, -0.15) is 0 Å². The molecule has 0 aliphatic heterocycles. The monoisotopic (exact) mass is 373 g/mol. The number of carbonyl (C=O) groups excluding carboxylic acids is 1. The van der Waals surface area contributed by atoms with Crippen molar-refractivity contribution >= 4 is 17.6 Å². The van der Waals surface area contributed by atoms with Crippen molar-refractivity contribution in [2.75, 3.05) is 26.6 Å². The van der Waals surface area contributed by atoms with Crippen molar-refractivity contribution in [3.8, 4) is 17.2 Å². The molecule has 7 nitrogen and oxygen atoms in total. The molecule has 27 heavy (non-hydrogen) atoms. The molecule has 7 heteroatoms. The Hall–Kier alpha value is -3.22. The van der Waals surface area contributed by atoms with Crippen LogP contribution < -0.4 is 19.5 Å². The third-order valence-electron chi connectivity index (χ3n) is 4.33. The maximum Gasteiger partial charge on any atom is 0.313 e. The number of anilines is 1. The molecule has 2 rings (SSSR count). The standard InChI is InChI=1S/C20H23NO6/c1-20(2,19(23)24)13-6-8-14(9-7-13)21-18(22)12-10-15(25-3)17(27-5)16(11-12)26-4/h6-11H,1-5H3,(H,21,22)(H,23,24). The third-order valence-corrected chi connectivity index (χ3v) is 4.33. The fourth-order valence-electron chi connectivity index (χ4n) is 2.51. The molecular weight excluding hydrogens is 350 g/mol. The molecule has 0 aliphatic carbocycles.